The first-order valence-electron chi connectivity index (χ1n) is 9.52. The van der Waals surface area contributed by atoms with Gasteiger partial charge in [0.25, 0.3) is 10.0 Å². The molecule has 0 saturated carbocycles. The Labute approximate surface area is 174 Å². The molecule has 1 aliphatic rings. The van der Waals surface area contributed by atoms with E-state index in [1.54, 1.807) is 18.5 Å². The van der Waals surface area contributed by atoms with E-state index in [-0.39, 0.29) is 30.1 Å². The Morgan fingerprint density at radius 3 is 2.43 bits per heavy atom. The summed E-state index contributed by atoms with van der Waals surface area (Å²) in [5.74, 6) is -1.45. The van der Waals surface area contributed by atoms with Crippen molar-refractivity contribution in [3.05, 3.63) is 77.8 Å². The van der Waals surface area contributed by atoms with Crippen LogP contribution in [0.1, 0.15) is 17.3 Å². The van der Waals surface area contributed by atoms with Gasteiger partial charge in [0.2, 0.25) is 0 Å². The largest absolute Gasteiger partial charge is 0.380 e. The molecule has 1 aromatic heterocycles. The van der Waals surface area contributed by atoms with E-state index in [1.165, 1.54) is 16.6 Å². The number of hydrogen-bond donors (Lipinski definition) is 1. The maximum atomic E-state index is 13.7. The fourth-order valence-corrected chi connectivity index (χ4v) is 5.44. The number of halogens is 2. The number of anilines is 1. The Balaban J connectivity index is 1.67. The average Bonchev–Trinajstić information content (AvgIpc) is 3.30. The molecule has 0 aliphatic carbocycles. The normalized spacial score (nSPS) is 19.9. The highest BCUT2D eigenvalue weighted by atomic mass is 32.2. The van der Waals surface area contributed by atoms with E-state index in [1.807, 2.05) is 30.3 Å². The number of aromatic nitrogens is 2. The van der Waals surface area contributed by atoms with E-state index in [9.17, 15) is 17.2 Å². The molecule has 0 bridgehead atoms. The third-order valence-corrected chi connectivity index (χ3v) is 7.45. The van der Waals surface area contributed by atoms with Crippen molar-refractivity contribution in [3.8, 4) is 0 Å². The summed E-state index contributed by atoms with van der Waals surface area (Å²) in [7, 11) is -2.11. The van der Waals surface area contributed by atoms with E-state index >= 15 is 0 Å². The van der Waals surface area contributed by atoms with Gasteiger partial charge >= 0.3 is 0 Å². The fourth-order valence-electron chi connectivity index (χ4n) is 3.80. The molecule has 2 aromatic carbocycles. The summed E-state index contributed by atoms with van der Waals surface area (Å²) in [6, 6.07) is 12.8. The zero-order chi connectivity index (χ0) is 21.5. The maximum absolute atomic E-state index is 13.7. The number of benzene rings is 2. The highest BCUT2D eigenvalue weighted by Gasteiger charge is 2.41. The van der Waals surface area contributed by atoms with Crippen LogP contribution in [-0.2, 0) is 17.1 Å². The zero-order valence-corrected chi connectivity index (χ0v) is 17.4. The van der Waals surface area contributed by atoms with Gasteiger partial charge in [0.1, 0.15) is 5.82 Å². The lowest BCUT2D eigenvalue weighted by atomic mass is 9.94. The Morgan fingerprint density at radius 1 is 1.07 bits per heavy atom. The predicted octanol–water partition coefficient (Wildman–Crippen LogP) is 3.28. The lowest BCUT2D eigenvalue weighted by molar-refractivity contribution is 0.464. The van der Waals surface area contributed by atoms with Crippen molar-refractivity contribution in [2.45, 2.75) is 23.9 Å². The summed E-state index contributed by atoms with van der Waals surface area (Å²) in [6.07, 6.45) is 1.36. The van der Waals surface area contributed by atoms with Gasteiger partial charge in [0.05, 0.1) is 6.20 Å². The summed E-state index contributed by atoms with van der Waals surface area (Å²) in [6.45, 7) is 2.19. The number of imidazole rings is 1. The molecule has 9 heteroatoms. The van der Waals surface area contributed by atoms with Crippen LogP contribution in [0.15, 0.2) is 59.8 Å². The van der Waals surface area contributed by atoms with Crippen molar-refractivity contribution in [1.29, 1.82) is 0 Å². The van der Waals surface area contributed by atoms with Crippen molar-refractivity contribution < 1.29 is 17.2 Å². The molecule has 0 spiro atoms. The molecule has 1 fully saturated rings. The summed E-state index contributed by atoms with van der Waals surface area (Å²) in [5, 5.41) is 3.32. The molecule has 1 saturated heterocycles. The van der Waals surface area contributed by atoms with Crippen LogP contribution in [0.5, 0.6) is 0 Å². The molecular weight excluding hydrogens is 410 g/mol. The van der Waals surface area contributed by atoms with Gasteiger partial charge in [0.15, 0.2) is 16.7 Å². The molecule has 2 atom stereocenters. The quantitative estimate of drug-likeness (QED) is 0.672. The summed E-state index contributed by atoms with van der Waals surface area (Å²) < 4.78 is 56.5. The number of rotatable bonds is 5. The molecule has 158 valence electrons. The summed E-state index contributed by atoms with van der Waals surface area (Å²) in [4.78, 5) is 4.10. The molecule has 6 nitrogen and oxygen atoms in total. The Bertz CT molecular complexity index is 1170. The molecule has 1 aliphatic heterocycles. The van der Waals surface area contributed by atoms with Gasteiger partial charge in [-0.05, 0) is 24.6 Å². The van der Waals surface area contributed by atoms with E-state index in [0.29, 0.717) is 11.5 Å². The van der Waals surface area contributed by atoms with Crippen LogP contribution >= 0.6 is 0 Å². The topological polar surface area (TPSA) is 67.2 Å². The predicted molar refractivity (Wildman–Crippen MR) is 110 cm³/mol. The van der Waals surface area contributed by atoms with Crippen molar-refractivity contribution in [1.82, 2.24) is 13.9 Å². The molecule has 2 unspecified atom stereocenters. The number of hydrogen-bond acceptors (Lipinski definition) is 4. The summed E-state index contributed by atoms with van der Waals surface area (Å²) >= 11 is 0. The molecule has 0 radical (unpaired) electrons. The SMILES string of the molecule is Cc1ncc(S(=O)(=O)N2CC(Nc3ccc(F)c(F)c3)C(c3ccccc3)C2)n1C. The van der Waals surface area contributed by atoms with Gasteiger partial charge in [-0.15, -0.1) is 0 Å². The van der Waals surface area contributed by atoms with E-state index in [2.05, 4.69) is 10.3 Å². The maximum Gasteiger partial charge on any atom is 0.260 e. The van der Waals surface area contributed by atoms with E-state index in [0.717, 1.165) is 17.7 Å². The highest BCUT2D eigenvalue weighted by molar-refractivity contribution is 7.89. The average molecular weight is 432 g/mol. The van der Waals surface area contributed by atoms with Crippen LogP contribution in [0.2, 0.25) is 0 Å². The zero-order valence-electron chi connectivity index (χ0n) is 16.6. The van der Waals surface area contributed by atoms with E-state index in [4.69, 9.17) is 0 Å². The number of nitrogens with one attached hydrogen (secondary N) is 1. The Hall–Kier alpha value is -2.78. The highest BCUT2D eigenvalue weighted by Crippen LogP contribution is 2.33. The first-order valence-corrected chi connectivity index (χ1v) is 11.0. The van der Waals surface area contributed by atoms with Crippen LogP contribution in [0.3, 0.4) is 0 Å². The smallest absolute Gasteiger partial charge is 0.260 e. The van der Waals surface area contributed by atoms with Crippen LogP contribution in [0.25, 0.3) is 0 Å². The van der Waals surface area contributed by atoms with E-state index < -0.39 is 21.7 Å². The first-order chi connectivity index (χ1) is 14.3. The number of sulfonamides is 1. The van der Waals surface area contributed by atoms with Gasteiger partial charge < -0.3 is 9.88 Å². The molecular formula is C21H22F2N4O2S. The van der Waals surface area contributed by atoms with Gasteiger partial charge in [-0.3, -0.25) is 0 Å². The molecule has 30 heavy (non-hydrogen) atoms. The minimum atomic E-state index is -3.77. The second kappa shape index (κ2) is 7.81. The van der Waals surface area contributed by atoms with Crippen molar-refractivity contribution >= 4 is 15.7 Å². The molecule has 0 amide bonds. The number of nitrogens with zero attached hydrogens (tertiary/aromatic N) is 3. The van der Waals surface area contributed by atoms with Crippen molar-refractivity contribution in [3.63, 3.8) is 0 Å². The second-order valence-electron chi connectivity index (χ2n) is 7.42. The summed E-state index contributed by atoms with van der Waals surface area (Å²) in [5.41, 5.74) is 1.37. The third kappa shape index (κ3) is 3.70. The molecule has 3 aromatic rings. The van der Waals surface area contributed by atoms with Crippen molar-refractivity contribution in [2.75, 3.05) is 18.4 Å². The van der Waals surface area contributed by atoms with Crippen molar-refractivity contribution in [2.24, 2.45) is 7.05 Å². The Kier molecular flexibility index (Phi) is 5.33. The minimum Gasteiger partial charge on any atom is -0.380 e. The molecule has 2 heterocycles. The van der Waals surface area contributed by atoms with Crippen LogP contribution in [-0.4, -0.2) is 41.4 Å². The minimum absolute atomic E-state index is 0.125. The molecule has 4 rings (SSSR count). The lowest BCUT2D eigenvalue weighted by Crippen LogP contribution is -2.32. The number of aryl methyl sites for hydroxylation is 1. The first kappa shape index (κ1) is 20.5. The molecule has 1 N–H and O–H groups in total. The second-order valence-corrected chi connectivity index (χ2v) is 9.31. The standard InChI is InChI=1S/C21H22F2N4O2S/c1-14-24-11-21(26(14)2)30(28,29)27-12-17(15-6-4-3-5-7-15)20(13-27)25-16-8-9-18(22)19(23)10-16/h3-11,17,20,25H,12-13H2,1-2H3. The fraction of sp³-hybridized carbons (Fsp3) is 0.286. The monoisotopic (exact) mass is 432 g/mol. The van der Waals surface area contributed by atoms with Gasteiger partial charge in [-0.1, -0.05) is 30.3 Å². The van der Waals surface area contributed by atoms with Crippen LogP contribution < -0.4 is 5.32 Å². The van der Waals surface area contributed by atoms with Gasteiger partial charge in [0, 0.05) is 43.9 Å². The van der Waals surface area contributed by atoms with Gasteiger partial charge in [-0.2, -0.15) is 4.31 Å². The third-order valence-electron chi connectivity index (χ3n) is 5.57. The lowest BCUT2D eigenvalue weighted by Gasteiger charge is -2.21. The van der Waals surface area contributed by atoms with Crippen LogP contribution in [0.4, 0.5) is 14.5 Å². The Morgan fingerprint density at radius 2 is 1.80 bits per heavy atom. The van der Waals surface area contributed by atoms with Gasteiger partial charge in [-0.25, -0.2) is 22.2 Å². The van der Waals surface area contributed by atoms with Crippen LogP contribution in [0, 0.1) is 18.6 Å².